The van der Waals surface area contributed by atoms with Gasteiger partial charge in [0, 0.05) is 43.7 Å². The van der Waals surface area contributed by atoms with Gasteiger partial charge in [-0.05, 0) is 48.6 Å². The van der Waals surface area contributed by atoms with Crippen molar-refractivity contribution in [1.29, 1.82) is 0 Å². The number of rotatable bonds is 5. The molecule has 6 nitrogen and oxygen atoms in total. The van der Waals surface area contributed by atoms with E-state index < -0.39 is 0 Å². The second-order valence-electron chi connectivity index (χ2n) is 7.69. The number of para-hydroxylation sites is 1. The van der Waals surface area contributed by atoms with Gasteiger partial charge in [0.05, 0.1) is 5.71 Å². The summed E-state index contributed by atoms with van der Waals surface area (Å²) in [6.07, 6.45) is 3.72. The van der Waals surface area contributed by atoms with Gasteiger partial charge in [-0.25, -0.2) is 5.43 Å². The summed E-state index contributed by atoms with van der Waals surface area (Å²) in [4.78, 5) is 26.1. The Morgan fingerprint density at radius 3 is 2.41 bits per heavy atom. The standard InChI is InChI=1S/C23H26N4O2/c28-22-11-10-21(25-26-22)18-6-8-19(9-7-18)24-23(29)16-17-12-14-27(15-13-17)20-4-2-1-3-5-20/h1-9,17H,10-16H2,(H,24,29)(H,26,28). The molecule has 150 valence electrons. The maximum atomic E-state index is 12.5. The van der Waals surface area contributed by atoms with Crippen LogP contribution in [0.5, 0.6) is 0 Å². The van der Waals surface area contributed by atoms with Crippen molar-refractivity contribution < 1.29 is 9.59 Å². The summed E-state index contributed by atoms with van der Waals surface area (Å²) in [5.74, 6) is 0.444. The van der Waals surface area contributed by atoms with Gasteiger partial charge in [0.2, 0.25) is 11.8 Å². The molecule has 0 aliphatic carbocycles. The van der Waals surface area contributed by atoms with Crippen LogP contribution in [-0.2, 0) is 9.59 Å². The van der Waals surface area contributed by atoms with Crippen LogP contribution >= 0.6 is 0 Å². The average Bonchev–Trinajstić information content (AvgIpc) is 2.76. The minimum absolute atomic E-state index is 0.0489. The molecule has 2 aromatic rings. The quantitative estimate of drug-likeness (QED) is 0.820. The first kappa shape index (κ1) is 19.2. The number of carbonyl (C=O) groups is 2. The van der Waals surface area contributed by atoms with Crippen molar-refractivity contribution in [3.63, 3.8) is 0 Å². The number of hydrogen-bond donors (Lipinski definition) is 2. The molecule has 0 unspecified atom stereocenters. The van der Waals surface area contributed by atoms with Gasteiger partial charge in [0.1, 0.15) is 0 Å². The fourth-order valence-corrected chi connectivity index (χ4v) is 3.94. The molecule has 0 atom stereocenters. The van der Waals surface area contributed by atoms with Crippen molar-refractivity contribution in [2.24, 2.45) is 11.0 Å². The van der Waals surface area contributed by atoms with Gasteiger partial charge in [-0.2, -0.15) is 5.10 Å². The second kappa shape index (κ2) is 8.90. The number of nitrogens with one attached hydrogen (secondary N) is 2. The molecule has 2 amide bonds. The molecule has 0 aromatic heterocycles. The molecule has 29 heavy (non-hydrogen) atoms. The van der Waals surface area contributed by atoms with Gasteiger partial charge in [0.15, 0.2) is 0 Å². The van der Waals surface area contributed by atoms with Crippen molar-refractivity contribution in [3.8, 4) is 0 Å². The Balaban J connectivity index is 1.25. The molecule has 2 heterocycles. The number of amides is 2. The molecule has 1 saturated heterocycles. The summed E-state index contributed by atoms with van der Waals surface area (Å²) >= 11 is 0. The molecular weight excluding hydrogens is 364 g/mol. The fourth-order valence-electron chi connectivity index (χ4n) is 3.94. The summed E-state index contributed by atoms with van der Waals surface area (Å²) in [7, 11) is 0. The van der Waals surface area contributed by atoms with E-state index in [1.54, 1.807) is 0 Å². The van der Waals surface area contributed by atoms with E-state index in [2.05, 4.69) is 45.0 Å². The Kier molecular flexibility index (Phi) is 5.89. The van der Waals surface area contributed by atoms with Crippen LogP contribution < -0.4 is 15.6 Å². The van der Waals surface area contributed by atoms with Crippen LogP contribution in [0.3, 0.4) is 0 Å². The van der Waals surface area contributed by atoms with Gasteiger partial charge in [0.25, 0.3) is 0 Å². The zero-order valence-corrected chi connectivity index (χ0v) is 16.4. The van der Waals surface area contributed by atoms with Crippen molar-refractivity contribution >= 4 is 28.9 Å². The fraction of sp³-hybridized carbons (Fsp3) is 0.348. The second-order valence-corrected chi connectivity index (χ2v) is 7.69. The Bertz CT molecular complexity index is 885. The number of anilines is 2. The molecule has 2 aliphatic rings. The molecule has 0 bridgehead atoms. The third kappa shape index (κ3) is 5.02. The predicted octanol–water partition coefficient (Wildman–Crippen LogP) is 3.55. The van der Waals surface area contributed by atoms with Crippen molar-refractivity contribution in [2.75, 3.05) is 23.3 Å². The maximum Gasteiger partial charge on any atom is 0.240 e. The maximum absolute atomic E-state index is 12.5. The topological polar surface area (TPSA) is 73.8 Å². The van der Waals surface area contributed by atoms with E-state index in [0.29, 0.717) is 25.2 Å². The van der Waals surface area contributed by atoms with Gasteiger partial charge in [-0.15, -0.1) is 0 Å². The van der Waals surface area contributed by atoms with E-state index in [4.69, 9.17) is 0 Å². The van der Waals surface area contributed by atoms with Crippen LogP contribution in [0, 0.1) is 5.92 Å². The third-order valence-corrected chi connectivity index (χ3v) is 5.62. The van der Waals surface area contributed by atoms with Crippen molar-refractivity contribution in [1.82, 2.24) is 5.43 Å². The highest BCUT2D eigenvalue weighted by molar-refractivity contribution is 6.04. The zero-order chi connectivity index (χ0) is 20.1. The molecular formula is C23H26N4O2. The number of benzene rings is 2. The Morgan fingerprint density at radius 1 is 1.03 bits per heavy atom. The Labute approximate surface area is 171 Å². The summed E-state index contributed by atoms with van der Waals surface area (Å²) in [6.45, 7) is 1.99. The lowest BCUT2D eigenvalue weighted by Gasteiger charge is -2.33. The predicted molar refractivity (Wildman–Crippen MR) is 115 cm³/mol. The number of nitrogens with zero attached hydrogens (tertiary/aromatic N) is 2. The molecule has 6 heteroatoms. The van der Waals surface area contributed by atoms with Gasteiger partial charge < -0.3 is 10.2 Å². The van der Waals surface area contributed by atoms with Gasteiger partial charge in [-0.1, -0.05) is 30.3 Å². The highest BCUT2D eigenvalue weighted by Crippen LogP contribution is 2.25. The largest absolute Gasteiger partial charge is 0.372 e. The van der Waals surface area contributed by atoms with E-state index in [1.165, 1.54) is 5.69 Å². The smallest absolute Gasteiger partial charge is 0.240 e. The Hall–Kier alpha value is -3.15. The molecule has 2 N–H and O–H groups in total. The number of hydrogen-bond acceptors (Lipinski definition) is 4. The summed E-state index contributed by atoms with van der Waals surface area (Å²) in [5, 5.41) is 7.11. The van der Waals surface area contributed by atoms with E-state index >= 15 is 0 Å². The summed E-state index contributed by atoms with van der Waals surface area (Å²) in [5.41, 5.74) is 6.40. The lowest BCUT2D eigenvalue weighted by Crippen LogP contribution is -2.34. The van der Waals surface area contributed by atoms with Gasteiger partial charge in [-0.3, -0.25) is 9.59 Å². The molecule has 0 saturated carbocycles. The minimum atomic E-state index is -0.0489. The van der Waals surface area contributed by atoms with E-state index in [0.717, 1.165) is 42.9 Å². The SMILES string of the molecule is O=C1CCC(c2ccc(NC(=O)CC3CCN(c4ccccc4)CC3)cc2)=NN1. The van der Waals surface area contributed by atoms with Crippen LogP contribution in [-0.4, -0.2) is 30.6 Å². The van der Waals surface area contributed by atoms with Crippen LogP contribution in [0.25, 0.3) is 0 Å². The monoisotopic (exact) mass is 390 g/mol. The minimum Gasteiger partial charge on any atom is -0.372 e. The summed E-state index contributed by atoms with van der Waals surface area (Å²) in [6, 6.07) is 18.1. The molecule has 2 aliphatic heterocycles. The molecule has 2 aromatic carbocycles. The average molecular weight is 390 g/mol. The highest BCUT2D eigenvalue weighted by Gasteiger charge is 2.22. The first-order valence-corrected chi connectivity index (χ1v) is 10.2. The normalized spacial score (nSPS) is 17.4. The first-order valence-electron chi connectivity index (χ1n) is 10.2. The molecule has 4 rings (SSSR count). The van der Waals surface area contributed by atoms with Gasteiger partial charge >= 0.3 is 0 Å². The van der Waals surface area contributed by atoms with E-state index in [9.17, 15) is 9.59 Å². The van der Waals surface area contributed by atoms with Crippen LogP contribution in [0.2, 0.25) is 0 Å². The number of carbonyl (C=O) groups excluding carboxylic acids is 2. The number of piperidine rings is 1. The summed E-state index contributed by atoms with van der Waals surface area (Å²) < 4.78 is 0. The lowest BCUT2D eigenvalue weighted by atomic mass is 9.93. The molecule has 1 fully saturated rings. The lowest BCUT2D eigenvalue weighted by molar-refractivity contribution is -0.121. The van der Waals surface area contributed by atoms with Crippen molar-refractivity contribution in [2.45, 2.75) is 32.1 Å². The van der Waals surface area contributed by atoms with Crippen molar-refractivity contribution in [3.05, 3.63) is 60.2 Å². The molecule has 0 spiro atoms. The highest BCUT2D eigenvalue weighted by atomic mass is 16.2. The van der Waals surface area contributed by atoms with E-state index in [-0.39, 0.29) is 11.8 Å². The van der Waals surface area contributed by atoms with E-state index in [1.807, 2.05) is 30.3 Å². The molecule has 0 radical (unpaired) electrons. The third-order valence-electron chi connectivity index (χ3n) is 5.62. The van der Waals surface area contributed by atoms with Crippen LogP contribution in [0.4, 0.5) is 11.4 Å². The van der Waals surface area contributed by atoms with Crippen LogP contribution in [0.1, 0.15) is 37.7 Å². The zero-order valence-electron chi connectivity index (χ0n) is 16.4. The van der Waals surface area contributed by atoms with Crippen LogP contribution in [0.15, 0.2) is 59.7 Å². The Morgan fingerprint density at radius 2 is 1.76 bits per heavy atom. The number of hydrazone groups is 1. The first-order chi connectivity index (χ1) is 14.2.